The lowest BCUT2D eigenvalue weighted by Crippen LogP contribution is -2.55. The second-order valence-electron chi connectivity index (χ2n) is 9.83. The highest BCUT2D eigenvalue weighted by atomic mass is 19.1. The van der Waals surface area contributed by atoms with Crippen LogP contribution < -0.4 is 5.32 Å². The van der Waals surface area contributed by atoms with Crippen molar-refractivity contribution in [1.82, 2.24) is 10.2 Å². The third-order valence-corrected chi connectivity index (χ3v) is 7.68. The number of amides is 2. The molecule has 2 aromatic carbocycles. The van der Waals surface area contributed by atoms with Crippen LogP contribution in [0.5, 0.6) is 0 Å². The molecule has 5 rings (SSSR count). The van der Waals surface area contributed by atoms with Crippen molar-refractivity contribution in [3.8, 4) is 11.1 Å². The molecule has 4 nitrogen and oxygen atoms in total. The fraction of sp³-hybridized carbons (Fsp3) is 0.481. The van der Waals surface area contributed by atoms with Crippen LogP contribution in [0, 0.1) is 11.7 Å². The standard InChI is InChI=1S/C27H30F2N2O2/c28-22-10-3-9-21(17-22)20-8-1-5-18(15-20)16-24-23(30-26(33)27(29)12-4-13-27)11-14-31(24)25(32)19-6-2-7-19/h1,3,5,8-10,15,17,19,23-24H,2,4,6-7,11-14,16H2,(H,30,33)/t23-,24-/m1/s1. The van der Waals surface area contributed by atoms with E-state index in [9.17, 15) is 18.4 Å². The van der Waals surface area contributed by atoms with Gasteiger partial charge in [0.15, 0.2) is 5.67 Å². The molecule has 1 N–H and O–H groups in total. The Labute approximate surface area is 193 Å². The van der Waals surface area contributed by atoms with Crippen LogP contribution in [0.1, 0.15) is 50.5 Å². The minimum absolute atomic E-state index is 0.0692. The van der Waals surface area contributed by atoms with E-state index in [-0.39, 0.29) is 42.6 Å². The van der Waals surface area contributed by atoms with Crippen LogP contribution in [0.4, 0.5) is 8.78 Å². The van der Waals surface area contributed by atoms with Gasteiger partial charge in [0.1, 0.15) is 5.82 Å². The molecule has 0 radical (unpaired) electrons. The molecule has 0 spiro atoms. The van der Waals surface area contributed by atoms with Crippen molar-refractivity contribution in [3.05, 3.63) is 59.9 Å². The number of carbonyl (C=O) groups excluding carboxylic acids is 2. The van der Waals surface area contributed by atoms with E-state index >= 15 is 0 Å². The summed E-state index contributed by atoms with van der Waals surface area (Å²) >= 11 is 0. The van der Waals surface area contributed by atoms with E-state index in [1.807, 2.05) is 35.2 Å². The second-order valence-corrected chi connectivity index (χ2v) is 9.83. The summed E-state index contributed by atoms with van der Waals surface area (Å²) < 4.78 is 28.4. The zero-order valence-corrected chi connectivity index (χ0v) is 18.7. The van der Waals surface area contributed by atoms with Crippen LogP contribution in [0.2, 0.25) is 0 Å². The number of likely N-dealkylation sites (tertiary alicyclic amines) is 1. The Balaban J connectivity index is 1.38. The molecule has 2 aliphatic carbocycles. The Morgan fingerprint density at radius 3 is 2.36 bits per heavy atom. The second kappa shape index (κ2) is 8.88. The molecule has 2 amide bonds. The van der Waals surface area contributed by atoms with E-state index in [2.05, 4.69) is 5.32 Å². The summed E-state index contributed by atoms with van der Waals surface area (Å²) in [6.07, 6.45) is 5.39. The first kappa shape index (κ1) is 22.1. The molecule has 6 heteroatoms. The first-order chi connectivity index (χ1) is 15.9. The summed E-state index contributed by atoms with van der Waals surface area (Å²) in [5.74, 6) is -0.595. The smallest absolute Gasteiger partial charge is 0.257 e. The number of carbonyl (C=O) groups is 2. The number of halogens is 2. The summed E-state index contributed by atoms with van der Waals surface area (Å²) in [5, 5.41) is 2.95. The van der Waals surface area contributed by atoms with Crippen LogP contribution in [0.15, 0.2) is 48.5 Å². The number of nitrogens with one attached hydrogen (secondary N) is 1. The van der Waals surface area contributed by atoms with Gasteiger partial charge in [-0.3, -0.25) is 9.59 Å². The Morgan fingerprint density at radius 1 is 1.00 bits per heavy atom. The lowest BCUT2D eigenvalue weighted by molar-refractivity contribution is -0.142. The summed E-state index contributed by atoms with van der Waals surface area (Å²) in [4.78, 5) is 27.7. The highest BCUT2D eigenvalue weighted by Crippen LogP contribution is 2.37. The van der Waals surface area contributed by atoms with Crippen LogP contribution in [-0.2, 0) is 16.0 Å². The maximum atomic E-state index is 14.7. The molecule has 2 aromatic rings. The molecule has 2 atom stereocenters. The molecular weight excluding hydrogens is 422 g/mol. The molecule has 3 fully saturated rings. The van der Waals surface area contributed by atoms with Crippen molar-refractivity contribution in [1.29, 1.82) is 0 Å². The lowest BCUT2D eigenvalue weighted by Gasteiger charge is -2.36. The number of nitrogens with zero attached hydrogens (tertiary/aromatic N) is 1. The summed E-state index contributed by atoms with van der Waals surface area (Å²) in [6, 6.07) is 13.9. The van der Waals surface area contributed by atoms with Gasteiger partial charge in [0.05, 0.1) is 12.1 Å². The van der Waals surface area contributed by atoms with Gasteiger partial charge >= 0.3 is 0 Å². The molecule has 33 heavy (non-hydrogen) atoms. The van der Waals surface area contributed by atoms with Crippen molar-refractivity contribution in [2.24, 2.45) is 5.92 Å². The third-order valence-electron chi connectivity index (χ3n) is 7.68. The predicted octanol–water partition coefficient (Wildman–Crippen LogP) is 4.81. The van der Waals surface area contributed by atoms with E-state index in [4.69, 9.17) is 0 Å². The lowest BCUT2D eigenvalue weighted by atomic mass is 9.81. The molecule has 1 aliphatic heterocycles. The van der Waals surface area contributed by atoms with E-state index < -0.39 is 11.6 Å². The van der Waals surface area contributed by atoms with Crippen LogP contribution in [-0.4, -0.2) is 41.0 Å². The minimum Gasteiger partial charge on any atom is -0.348 e. The first-order valence-electron chi connectivity index (χ1n) is 12.1. The number of hydrogen-bond acceptors (Lipinski definition) is 2. The highest BCUT2D eigenvalue weighted by molar-refractivity contribution is 5.86. The van der Waals surface area contributed by atoms with Crippen molar-refractivity contribution >= 4 is 11.8 Å². The molecular formula is C27H30F2N2O2. The molecule has 2 saturated carbocycles. The quantitative estimate of drug-likeness (QED) is 0.684. The molecule has 0 aromatic heterocycles. The van der Waals surface area contributed by atoms with Crippen LogP contribution >= 0.6 is 0 Å². The van der Waals surface area contributed by atoms with Gasteiger partial charge in [0.25, 0.3) is 5.91 Å². The summed E-state index contributed by atoms with van der Waals surface area (Å²) in [5.41, 5.74) is 0.945. The van der Waals surface area contributed by atoms with E-state index in [1.165, 1.54) is 12.1 Å². The largest absolute Gasteiger partial charge is 0.348 e. The van der Waals surface area contributed by atoms with Crippen molar-refractivity contribution in [2.75, 3.05) is 6.54 Å². The molecule has 174 valence electrons. The van der Waals surface area contributed by atoms with Gasteiger partial charge in [-0.15, -0.1) is 0 Å². The average molecular weight is 453 g/mol. The molecule has 0 bridgehead atoms. The zero-order chi connectivity index (χ0) is 23.0. The topological polar surface area (TPSA) is 49.4 Å². The van der Waals surface area contributed by atoms with Gasteiger partial charge in [0.2, 0.25) is 5.91 Å². The Bertz CT molecular complexity index is 1050. The van der Waals surface area contributed by atoms with Gasteiger partial charge in [-0.05, 0) is 73.8 Å². The zero-order valence-electron chi connectivity index (χ0n) is 18.7. The molecule has 1 saturated heterocycles. The normalized spacial score (nSPS) is 24.1. The van der Waals surface area contributed by atoms with Gasteiger partial charge in [-0.25, -0.2) is 8.78 Å². The Hall–Kier alpha value is -2.76. The van der Waals surface area contributed by atoms with Crippen molar-refractivity contribution in [2.45, 2.75) is 69.1 Å². The highest BCUT2D eigenvalue weighted by Gasteiger charge is 2.48. The van der Waals surface area contributed by atoms with Gasteiger partial charge < -0.3 is 10.2 Å². The number of hydrogen-bond donors (Lipinski definition) is 1. The Kier molecular flexibility index (Phi) is 5.94. The SMILES string of the molecule is O=C(C1CCC1)N1CC[C@@H](NC(=O)C2(F)CCC2)[C@H]1Cc1cccc(-c2cccc(F)c2)c1. The fourth-order valence-corrected chi connectivity index (χ4v) is 5.24. The number of rotatable bonds is 6. The van der Waals surface area contributed by atoms with Crippen molar-refractivity contribution < 1.29 is 18.4 Å². The number of benzene rings is 2. The van der Waals surface area contributed by atoms with Crippen molar-refractivity contribution in [3.63, 3.8) is 0 Å². The maximum absolute atomic E-state index is 14.7. The number of alkyl halides is 1. The van der Waals surface area contributed by atoms with Gasteiger partial charge in [0, 0.05) is 12.5 Å². The average Bonchev–Trinajstić information content (AvgIpc) is 3.13. The van der Waals surface area contributed by atoms with E-state index in [0.29, 0.717) is 19.4 Å². The molecule has 0 unspecified atom stereocenters. The summed E-state index contributed by atoms with van der Waals surface area (Å²) in [6.45, 7) is 0.577. The molecule has 1 heterocycles. The minimum atomic E-state index is -1.76. The van der Waals surface area contributed by atoms with Gasteiger partial charge in [-0.2, -0.15) is 0 Å². The van der Waals surface area contributed by atoms with Crippen LogP contribution in [0.25, 0.3) is 11.1 Å². The fourth-order valence-electron chi connectivity index (χ4n) is 5.24. The monoisotopic (exact) mass is 452 g/mol. The first-order valence-corrected chi connectivity index (χ1v) is 12.1. The van der Waals surface area contributed by atoms with Crippen LogP contribution in [0.3, 0.4) is 0 Å². The van der Waals surface area contributed by atoms with Gasteiger partial charge in [-0.1, -0.05) is 42.8 Å². The third kappa shape index (κ3) is 4.40. The maximum Gasteiger partial charge on any atom is 0.257 e. The Morgan fingerprint density at radius 2 is 1.73 bits per heavy atom. The predicted molar refractivity (Wildman–Crippen MR) is 123 cm³/mol. The molecule has 3 aliphatic rings. The summed E-state index contributed by atoms with van der Waals surface area (Å²) in [7, 11) is 0. The van der Waals surface area contributed by atoms with E-state index in [0.717, 1.165) is 42.4 Å². The van der Waals surface area contributed by atoms with E-state index in [1.54, 1.807) is 6.07 Å².